The average molecular weight is 357 g/mol. The maximum Gasteiger partial charge on any atom is 0.259 e. The van der Waals surface area contributed by atoms with Gasteiger partial charge >= 0.3 is 0 Å². The maximum atomic E-state index is 12.6. The molecule has 0 aliphatic rings. The minimum atomic E-state index is -0.253. The highest BCUT2D eigenvalue weighted by molar-refractivity contribution is 6.30. The third-order valence-corrected chi connectivity index (χ3v) is 4.04. The van der Waals surface area contributed by atoms with Gasteiger partial charge in [-0.15, -0.1) is 0 Å². The Bertz CT molecular complexity index is 868. The topological polar surface area (TPSA) is 64.4 Å². The lowest BCUT2D eigenvalue weighted by Gasteiger charge is -2.11. The Morgan fingerprint density at radius 3 is 2.56 bits per heavy atom. The number of hydrogen-bond acceptors (Lipinski definition) is 4. The molecule has 1 aromatic heterocycles. The number of benzene rings is 2. The smallest absolute Gasteiger partial charge is 0.259 e. The second kappa shape index (κ2) is 7.40. The minimum absolute atomic E-state index is 0.253. The van der Waals surface area contributed by atoms with Crippen LogP contribution in [0.15, 0.2) is 53.1 Å². The molecule has 25 heavy (non-hydrogen) atoms. The predicted molar refractivity (Wildman–Crippen MR) is 96.2 cm³/mol. The van der Waals surface area contributed by atoms with Crippen LogP contribution in [-0.2, 0) is 6.61 Å². The molecule has 1 amide bonds. The standard InChI is InChI=1S/C19H17ClN2O3/c1-12-17(13(2)25-22-12)11-24-18-6-4-3-5-16(18)19(23)21-15-9-7-14(20)8-10-15/h3-10H,11H2,1-2H3,(H,21,23). The number of anilines is 1. The Kier molecular flexibility index (Phi) is 5.05. The summed E-state index contributed by atoms with van der Waals surface area (Å²) in [6.45, 7) is 3.97. The number of nitrogens with zero attached hydrogens (tertiary/aromatic N) is 1. The number of nitrogens with one attached hydrogen (secondary N) is 1. The molecule has 1 N–H and O–H groups in total. The van der Waals surface area contributed by atoms with Crippen molar-refractivity contribution >= 4 is 23.2 Å². The first-order valence-electron chi connectivity index (χ1n) is 7.75. The summed E-state index contributed by atoms with van der Waals surface area (Å²) in [4.78, 5) is 12.6. The fraction of sp³-hybridized carbons (Fsp3) is 0.158. The highest BCUT2D eigenvalue weighted by atomic mass is 35.5. The van der Waals surface area contributed by atoms with Gasteiger partial charge in [-0.1, -0.05) is 28.9 Å². The molecule has 0 fully saturated rings. The molecular formula is C19H17ClN2O3. The molecule has 0 saturated heterocycles. The fourth-order valence-electron chi connectivity index (χ4n) is 2.37. The van der Waals surface area contributed by atoms with Gasteiger partial charge in [0.1, 0.15) is 18.1 Å². The predicted octanol–water partition coefficient (Wildman–Crippen LogP) is 4.78. The summed E-state index contributed by atoms with van der Waals surface area (Å²) in [6, 6.07) is 14.0. The lowest BCUT2D eigenvalue weighted by molar-refractivity contribution is 0.102. The third kappa shape index (κ3) is 4.00. The molecule has 0 unspecified atom stereocenters. The zero-order chi connectivity index (χ0) is 17.8. The number of carbonyl (C=O) groups excluding carboxylic acids is 1. The molecule has 0 spiro atoms. The molecule has 0 aliphatic carbocycles. The number of halogens is 1. The van der Waals surface area contributed by atoms with E-state index in [9.17, 15) is 4.79 Å². The van der Waals surface area contributed by atoms with E-state index in [1.165, 1.54) is 0 Å². The second-order valence-electron chi connectivity index (χ2n) is 5.55. The van der Waals surface area contributed by atoms with Gasteiger partial charge in [0.25, 0.3) is 5.91 Å². The van der Waals surface area contributed by atoms with Crippen LogP contribution in [-0.4, -0.2) is 11.1 Å². The average Bonchev–Trinajstić information content (AvgIpc) is 2.93. The summed E-state index contributed by atoms with van der Waals surface area (Å²) in [7, 11) is 0. The molecule has 1 heterocycles. The molecule has 5 nitrogen and oxygen atoms in total. The van der Waals surface area contributed by atoms with Crippen LogP contribution in [0, 0.1) is 13.8 Å². The van der Waals surface area contributed by atoms with E-state index in [4.69, 9.17) is 20.9 Å². The lowest BCUT2D eigenvalue weighted by atomic mass is 10.1. The zero-order valence-electron chi connectivity index (χ0n) is 13.9. The molecule has 0 saturated carbocycles. The molecule has 0 atom stereocenters. The van der Waals surface area contributed by atoms with Gasteiger partial charge in [0.05, 0.1) is 16.8 Å². The van der Waals surface area contributed by atoms with Crippen LogP contribution in [0.5, 0.6) is 5.75 Å². The van der Waals surface area contributed by atoms with Crippen LogP contribution < -0.4 is 10.1 Å². The number of ether oxygens (including phenoxy) is 1. The van der Waals surface area contributed by atoms with Gasteiger partial charge in [0.2, 0.25) is 0 Å². The molecule has 128 valence electrons. The first kappa shape index (κ1) is 17.0. The first-order chi connectivity index (χ1) is 12.0. The number of para-hydroxylation sites is 1. The zero-order valence-corrected chi connectivity index (χ0v) is 14.6. The molecule has 0 aliphatic heterocycles. The van der Waals surface area contributed by atoms with Crippen LogP contribution in [0.25, 0.3) is 0 Å². The SMILES string of the molecule is Cc1noc(C)c1COc1ccccc1C(=O)Nc1ccc(Cl)cc1. The molecule has 3 aromatic rings. The monoisotopic (exact) mass is 356 g/mol. The molecule has 3 rings (SSSR count). The van der Waals surface area contributed by atoms with Crippen molar-refractivity contribution in [2.45, 2.75) is 20.5 Å². The fourth-order valence-corrected chi connectivity index (χ4v) is 2.50. The van der Waals surface area contributed by atoms with Crippen molar-refractivity contribution < 1.29 is 14.1 Å². The number of aryl methyl sites for hydroxylation is 2. The number of amides is 1. The Morgan fingerprint density at radius 1 is 1.16 bits per heavy atom. The van der Waals surface area contributed by atoms with Crippen LogP contribution in [0.1, 0.15) is 27.4 Å². The van der Waals surface area contributed by atoms with E-state index in [0.717, 1.165) is 11.3 Å². The van der Waals surface area contributed by atoms with Gasteiger partial charge in [0, 0.05) is 10.7 Å². The van der Waals surface area contributed by atoms with Gasteiger partial charge in [-0.2, -0.15) is 0 Å². The first-order valence-corrected chi connectivity index (χ1v) is 8.13. The molecule has 0 bridgehead atoms. The van der Waals surface area contributed by atoms with Crippen molar-refractivity contribution in [1.82, 2.24) is 5.16 Å². The van der Waals surface area contributed by atoms with Gasteiger partial charge < -0.3 is 14.6 Å². The number of carbonyl (C=O) groups is 1. The van der Waals surface area contributed by atoms with Gasteiger partial charge in [-0.05, 0) is 50.2 Å². The van der Waals surface area contributed by atoms with E-state index in [1.807, 2.05) is 19.9 Å². The minimum Gasteiger partial charge on any atom is -0.488 e. The van der Waals surface area contributed by atoms with Crippen molar-refractivity contribution in [1.29, 1.82) is 0 Å². The number of aromatic nitrogens is 1. The second-order valence-corrected chi connectivity index (χ2v) is 5.99. The van der Waals surface area contributed by atoms with E-state index in [0.29, 0.717) is 27.8 Å². The van der Waals surface area contributed by atoms with Crippen LogP contribution in [0.3, 0.4) is 0 Å². The van der Waals surface area contributed by atoms with Crippen LogP contribution in [0.4, 0.5) is 5.69 Å². The Balaban J connectivity index is 1.76. The number of rotatable bonds is 5. The highest BCUT2D eigenvalue weighted by Gasteiger charge is 2.15. The van der Waals surface area contributed by atoms with Crippen LogP contribution in [0.2, 0.25) is 5.02 Å². The summed E-state index contributed by atoms with van der Waals surface area (Å²) in [5, 5.41) is 7.35. The van der Waals surface area contributed by atoms with Crippen molar-refractivity contribution in [3.63, 3.8) is 0 Å². The summed E-state index contributed by atoms with van der Waals surface area (Å²) in [6.07, 6.45) is 0. The maximum absolute atomic E-state index is 12.6. The quantitative estimate of drug-likeness (QED) is 0.714. The van der Waals surface area contributed by atoms with E-state index in [-0.39, 0.29) is 12.5 Å². The lowest BCUT2D eigenvalue weighted by Crippen LogP contribution is -2.13. The van der Waals surface area contributed by atoms with E-state index >= 15 is 0 Å². The Labute approximate surface area is 150 Å². The molecular weight excluding hydrogens is 340 g/mol. The summed E-state index contributed by atoms with van der Waals surface area (Å²) in [5.41, 5.74) is 2.77. The van der Waals surface area contributed by atoms with E-state index in [2.05, 4.69) is 10.5 Å². The summed E-state index contributed by atoms with van der Waals surface area (Å²) in [5.74, 6) is 0.950. The molecule has 2 aromatic carbocycles. The van der Waals surface area contributed by atoms with Gasteiger partial charge in [0.15, 0.2) is 0 Å². The van der Waals surface area contributed by atoms with Gasteiger partial charge in [-0.3, -0.25) is 4.79 Å². The third-order valence-electron chi connectivity index (χ3n) is 3.79. The van der Waals surface area contributed by atoms with Crippen molar-refractivity contribution in [3.05, 3.63) is 76.1 Å². The Hall–Kier alpha value is -2.79. The van der Waals surface area contributed by atoms with Crippen molar-refractivity contribution in [2.24, 2.45) is 0 Å². The molecule has 6 heteroatoms. The number of hydrogen-bond donors (Lipinski definition) is 1. The normalized spacial score (nSPS) is 10.5. The highest BCUT2D eigenvalue weighted by Crippen LogP contribution is 2.23. The Morgan fingerprint density at radius 2 is 1.88 bits per heavy atom. The molecule has 0 radical (unpaired) electrons. The van der Waals surface area contributed by atoms with Crippen molar-refractivity contribution in [3.8, 4) is 5.75 Å². The largest absolute Gasteiger partial charge is 0.488 e. The summed E-state index contributed by atoms with van der Waals surface area (Å²) < 4.78 is 11.0. The van der Waals surface area contributed by atoms with E-state index < -0.39 is 0 Å². The van der Waals surface area contributed by atoms with Gasteiger partial charge in [-0.25, -0.2) is 0 Å². The van der Waals surface area contributed by atoms with Crippen molar-refractivity contribution in [2.75, 3.05) is 5.32 Å². The summed E-state index contributed by atoms with van der Waals surface area (Å²) >= 11 is 5.86. The van der Waals surface area contributed by atoms with Crippen LogP contribution >= 0.6 is 11.6 Å². The van der Waals surface area contributed by atoms with E-state index in [1.54, 1.807) is 42.5 Å².